The van der Waals surface area contributed by atoms with Crippen molar-refractivity contribution >= 4 is 17.2 Å². The summed E-state index contributed by atoms with van der Waals surface area (Å²) in [6.07, 6.45) is 4.73. The normalized spacial score (nSPS) is 16.8. The van der Waals surface area contributed by atoms with E-state index in [1.807, 2.05) is 51.5 Å². The third-order valence-corrected chi connectivity index (χ3v) is 5.68. The second-order valence-corrected chi connectivity index (χ2v) is 7.86. The van der Waals surface area contributed by atoms with E-state index in [0.717, 1.165) is 35.8 Å². The molecule has 3 heterocycles. The minimum Gasteiger partial charge on any atom is -0.331 e. The predicted molar refractivity (Wildman–Crippen MR) is 107 cm³/mol. The Morgan fingerprint density at radius 3 is 2.85 bits per heavy atom. The van der Waals surface area contributed by atoms with Crippen molar-refractivity contribution in [1.29, 1.82) is 0 Å². The van der Waals surface area contributed by atoms with Crippen LogP contribution in [0, 0.1) is 0 Å². The lowest BCUT2D eigenvalue weighted by Gasteiger charge is -2.31. The summed E-state index contributed by atoms with van der Waals surface area (Å²) in [5.74, 6) is 0.0108. The van der Waals surface area contributed by atoms with E-state index in [2.05, 4.69) is 29.2 Å². The van der Waals surface area contributed by atoms with Gasteiger partial charge in [-0.2, -0.15) is 5.10 Å². The van der Waals surface area contributed by atoms with Crippen LogP contribution in [0.5, 0.6) is 0 Å². The molecular formula is C20H23N5OS. The highest BCUT2D eigenvalue weighted by Gasteiger charge is 2.30. The molecule has 1 aliphatic heterocycles. The lowest BCUT2D eigenvalue weighted by Crippen LogP contribution is -2.46. The van der Waals surface area contributed by atoms with Crippen LogP contribution >= 0.6 is 11.3 Å². The Morgan fingerprint density at radius 2 is 2.15 bits per heavy atom. The van der Waals surface area contributed by atoms with Crippen molar-refractivity contribution in [3.8, 4) is 16.3 Å². The molecule has 1 amide bonds. The largest absolute Gasteiger partial charge is 0.331 e. The number of para-hydroxylation sites is 1. The molecule has 0 radical (unpaired) electrons. The molecule has 2 aromatic heterocycles. The first-order valence-electron chi connectivity index (χ1n) is 9.23. The maximum absolute atomic E-state index is 13.1. The second-order valence-electron chi connectivity index (χ2n) is 7.00. The maximum atomic E-state index is 13.1. The number of carbonyl (C=O) groups excluding carboxylic acids is 1. The SMILES string of the molecule is CC(C)N(C(=O)c1csc(-c2cnn(-c3ccccc3)c2)n1)[C@@H]1CCNC1. The van der Waals surface area contributed by atoms with Gasteiger partial charge < -0.3 is 10.2 Å². The van der Waals surface area contributed by atoms with E-state index in [4.69, 9.17) is 0 Å². The number of aromatic nitrogens is 3. The van der Waals surface area contributed by atoms with Gasteiger partial charge in [0, 0.05) is 35.8 Å². The maximum Gasteiger partial charge on any atom is 0.273 e. The summed E-state index contributed by atoms with van der Waals surface area (Å²) in [4.78, 5) is 19.6. The number of hydrogen-bond acceptors (Lipinski definition) is 5. The Labute approximate surface area is 162 Å². The van der Waals surface area contributed by atoms with E-state index >= 15 is 0 Å². The molecule has 0 bridgehead atoms. The first-order valence-corrected chi connectivity index (χ1v) is 10.1. The van der Waals surface area contributed by atoms with Crippen LogP contribution in [0.2, 0.25) is 0 Å². The molecule has 1 fully saturated rings. The lowest BCUT2D eigenvalue weighted by molar-refractivity contribution is 0.0621. The second kappa shape index (κ2) is 7.62. The van der Waals surface area contributed by atoms with Gasteiger partial charge in [-0.15, -0.1) is 11.3 Å². The van der Waals surface area contributed by atoms with E-state index in [1.54, 1.807) is 6.20 Å². The summed E-state index contributed by atoms with van der Waals surface area (Å²) < 4.78 is 1.82. The zero-order valence-electron chi connectivity index (χ0n) is 15.5. The van der Waals surface area contributed by atoms with Crippen molar-refractivity contribution < 1.29 is 4.79 Å². The molecule has 0 spiro atoms. The Bertz CT molecular complexity index is 911. The first-order chi connectivity index (χ1) is 13.1. The minimum atomic E-state index is 0.0108. The Morgan fingerprint density at radius 1 is 1.33 bits per heavy atom. The topological polar surface area (TPSA) is 63.1 Å². The van der Waals surface area contributed by atoms with Crippen LogP contribution in [-0.2, 0) is 0 Å². The first kappa shape index (κ1) is 17.9. The Balaban J connectivity index is 1.56. The van der Waals surface area contributed by atoms with Gasteiger partial charge in [-0.05, 0) is 38.9 Å². The zero-order valence-corrected chi connectivity index (χ0v) is 16.3. The molecule has 0 saturated carbocycles. The molecule has 27 heavy (non-hydrogen) atoms. The molecule has 1 atom stereocenters. The smallest absolute Gasteiger partial charge is 0.273 e. The van der Waals surface area contributed by atoms with Gasteiger partial charge in [0.05, 0.1) is 11.9 Å². The van der Waals surface area contributed by atoms with E-state index in [0.29, 0.717) is 5.69 Å². The number of rotatable bonds is 5. The van der Waals surface area contributed by atoms with Gasteiger partial charge in [0.1, 0.15) is 10.7 Å². The molecule has 3 aromatic rings. The van der Waals surface area contributed by atoms with Crippen molar-refractivity contribution in [1.82, 2.24) is 25.0 Å². The van der Waals surface area contributed by atoms with Crippen molar-refractivity contribution in [2.24, 2.45) is 0 Å². The number of nitrogens with zero attached hydrogens (tertiary/aromatic N) is 4. The average Bonchev–Trinajstić information content (AvgIpc) is 3.42. The lowest BCUT2D eigenvalue weighted by atomic mass is 10.1. The highest BCUT2D eigenvalue weighted by molar-refractivity contribution is 7.13. The Kier molecular flexibility index (Phi) is 5.05. The van der Waals surface area contributed by atoms with Crippen LogP contribution in [0.4, 0.5) is 0 Å². The van der Waals surface area contributed by atoms with Crippen molar-refractivity contribution in [3.63, 3.8) is 0 Å². The molecule has 7 heteroatoms. The van der Waals surface area contributed by atoms with Crippen molar-refractivity contribution in [2.75, 3.05) is 13.1 Å². The van der Waals surface area contributed by atoms with Gasteiger partial charge in [0.2, 0.25) is 0 Å². The summed E-state index contributed by atoms with van der Waals surface area (Å²) in [5, 5.41) is 10.4. The third-order valence-electron chi connectivity index (χ3n) is 4.79. The van der Waals surface area contributed by atoms with E-state index in [1.165, 1.54) is 11.3 Å². The van der Waals surface area contributed by atoms with Crippen LogP contribution < -0.4 is 5.32 Å². The van der Waals surface area contributed by atoms with Crippen LogP contribution in [0.15, 0.2) is 48.1 Å². The third kappa shape index (κ3) is 3.65. The summed E-state index contributed by atoms with van der Waals surface area (Å²) in [6, 6.07) is 10.3. The van der Waals surface area contributed by atoms with Gasteiger partial charge in [0.15, 0.2) is 0 Å². The predicted octanol–water partition coefficient (Wildman–Crippen LogP) is 3.21. The fourth-order valence-corrected chi connectivity index (χ4v) is 4.26. The zero-order chi connectivity index (χ0) is 18.8. The monoisotopic (exact) mass is 381 g/mol. The molecule has 1 aromatic carbocycles. The quantitative estimate of drug-likeness (QED) is 0.737. The number of hydrogen-bond donors (Lipinski definition) is 1. The number of thiazole rings is 1. The molecule has 0 unspecified atom stereocenters. The number of carbonyl (C=O) groups is 1. The summed E-state index contributed by atoms with van der Waals surface area (Å²) >= 11 is 1.48. The van der Waals surface area contributed by atoms with Gasteiger partial charge in [-0.1, -0.05) is 18.2 Å². The summed E-state index contributed by atoms with van der Waals surface area (Å²) in [5.41, 5.74) is 2.43. The van der Waals surface area contributed by atoms with E-state index < -0.39 is 0 Å². The van der Waals surface area contributed by atoms with Crippen molar-refractivity contribution in [3.05, 3.63) is 53.8 Å². The average molecular weight is 382 g/mol. The molecule has 6 nitrogen and oxygen atoms in total. The molecule has 1 aliphatic rings. The van der Waals surface area contributed by atoms with Crippen molar-refractivity contribution in [2.45, 2.75) is 32.4 Å². The van der Waals surface area contributed by atoms with E-state index in [-0.39, 0.29) is 18.0 Å². The molecular weight excluding hydrogens is 358 g/mol. The molecule has 1 saturated heterocycles. The van der Waals surface area contributed by atoms with Gasteiger partial charge in [-0.3, -0.25) is 4.79 Å². The number of amides is 1. The molecule has 140 valence electrons. The van der Waals surface area contributed by atoms with Crippen LogP contribution in [0.3, 0.4) is 0 Å². The highest BCUT2D eigenvalue weighted by atomic mass is 32.1. The summed E-state index contributed by atoms with van der Waals surface area (Å²) in [6.45, 7) is 5.94. The fraction of sp³-hybridized carbons (Fsp3) is 0.350. The Hall–Kier alpha value is -2.51. The van der Waals surface area contributed by atoms with Gasteiger partial charge >= 0.3 is 0 Å². The number of benzene rings is 1. The molecule has 4 rings (SSSR count). The van der Waals surface area contributed by atoms with Crippen LogP contribution in [0.25, 0.3) is 16.3 Å². The van der Waals surface area contributed by atoms with Gasteiger partial charge in [-0.25, -0.2) is 9.67 Å². The minimum absolute atomic E-state index is 0.0108. The van der Waals surface area contributed by atoms with E-state index in [9.17, 15) is 4.79 Å². The molecule has 0 aliphatic carbocycles. The number of nitrogens with one attached hydrogen (secondary N) is 1. The van der Waals surface area contributed by atoms with Crippen LogP contribution in [-0.4, -0.2) is 50.7 Å². The fourth-order valence-electron chi connectivity index (χ4n) is 3.49. The van der Waals surface area contributed by atoms with Gasteiger partial charge in [0.25, 0.3) is 5.91 Å². The molecule has 1 N–H and O–H groups in total. The van der Waals surface area contributed by atoms with Crippen LogP contribution in [0.1, 0.15) is 30.8 Å². The summed E-state index contributed by atoms with van der Waals surface area (Å²) in [7, 11) is 0. The standard InChI is InChI=1S/C20H23N5OS/c1-14(2)25(17-8-9-21-11-17)20(26)18-13-27-19(23-18)15-10-22-24(12-15)16-6-4-3-5-7-16/h3-7,10,12-14,17,21H,8-9,11H2,1-2H3/t17-/m1/s1. The highest BCUT2D eigenvalue weighted by Crippen LogP contribution is 2.26.